The summed E-state index contributed by atoms with van der Waals surface area (Å²) in [5.74, 6) is -0.0715. The Morgan fingerprint density at radius 3 is 2.83 bits per heavy atom. The molecule has 6 heteroatoms. The molecular formula is C12H20N4OS. The molecule has 100 valence electrons. The first-order valence-corrected chi connectivity index (χ1v) is 7.03. The maximum absolute atomic E-state index is 12.0. The van der Waals surface area contributed by atoms with E-state index in [0.717, 1.165) is 0 Å². The van der Waals surface area contributed by atoms with Crippen molar-refractivity contribution in [2.24, 2.45) is 0 Å². The van der Waals surface area contributed by atoms with Crippen molar-refractivity contribution in [1.29, 1.82) is 0 Å². The van der Waals surface area contributed by atoms with Gasteiger partial charge in [0, 0.05) is 18.6 Å². The number of aromatic nitrogens is 1. The molecule has 1 aromatic rings. The third-order valence-corrected chi connectivity index (χ3v) is 4.38. The Kier molecular flexibility index (Phi) is 3.87. The summed E-state index contributed by atoms with van der Waals surface area (Å²) < 4.78 is 0. The van der Waals surface area contributed by atoms with E-state index >= 15 is 0 Å². The minimum atomic E-state index is -0.0715. The number of rotatable bonds is 5. The van der Waals surface area contributed by atoms with Crippen LogP contribution in [-0.2, 0) is 0 Å². The molecule has 1 amide bonds. The van der Waals surface area contributed by atoms with Crippen LogP contribution in [0.2, 0.25) is 0 Å². The van der Waals surface area contributed by atoms with Crippen molar-refractivity contribution in [3.05, 3.63) is 10.6 Å². The van der Waals surface area contributed by atoms with Gasteiger partial charge in [0.15, 0.2) is 5.13 Å². The van der Waals surface area contributed by atoms with E-state index in [1.165, 1.54) is 24.2 Å². The Labute approximate surface area is 111 Å². The number of amides is 1. The highest BCUT2D eigenvalue weighted by molar-refractivity contribution is 7.17. The SMILES string of the molecule is Cc1nc(N)sc1C(=O)NCC(C)N(C)C1CC1. The molecule has 1 unspecified atom stereocenters. The largest absolute Gasteiger partial charge is 0.375 e. The lowest BCUT2D eigenvalue weighted by Crippen LogP contribution is -2.41. The zero-order chi connectivity index (χ0) is 13.3. The summed E-state index contributed by atoms with van der Waals surface area (Å²) in [6.07, 6.45) is 2.55. The fourth-order valence-corrected chi connectivity index (χ4v) is 2.68. The van der Waals surface area contributed by atoms with Crippen molar-refractivity contribution in [3.8, 4) is 0 Å². The Balaban J connectivity index is 1.86. The van der Waals surface area contributed by atoms with Gasteiger partial charge in [-0.2, -0.15) is 0 Å². The minimum Gasteiger partial charge on any atom is -0.375 e. The lowest BCUT2D eigenvalue weighted by atomic mass is 10.3. The molecule has 0 aliphatic heterocycles. The van der Waals surface area contributed by atoms with Crippen molar-refractivity contribution in [2.75, 3.05) is 19.3 Å². The molecule has 0 radical (unpaired) electrons. The number of nitrogens with one attached hydrogen (secondary N) is 1. The molecule has 1 aliphatic carbocycles. The average Bonchev–Trinajstić information content (AvgIpc) is 3.10. The number of carbonyl (C=O) groups excluding carboxylic acids is 1. The summed E-state index contributed by atoms with van der Waals surface area (Å²) >= 11 is 1.24. The second-order valence-electron chi connectivity index (χ2n) is 4.92. The highest BCUT2D eigenvalue weighted by Crippen LogP contribution is 2.26. The Morgan fingerprint density at radius 2 is 2.33 bits per heavy atom. The van der Waals surface area contributed by atoms with Crippen LogP contribution in [-0.4, -0.2) is 41.5 Å². The van der Waals surface area contributed by atoms with Crippen LogP contribution in [0.4, 0.5) is 5.13 Å². The molecule has 5 nitrogen and oxygen atoms in total. The predicted octanol–water partition coefficient (Wildman–Crippen LogP) is 1.25. The second-order valence-corrected chi connectivity index (χ2v) is 5.95. The quantitative estimate of drug-likeness (QED) is 0.843. The number of nitrogens with two attached hydrogens (primary N) is 1. The Bertz CT molecular complexity index is 441. The van der Waals surface area contributed by atoms with Crippen molar-refractivity contribution in [1.82, 2.24) is 15.2 Å². The summed E-state index contributed by atoms with van der Waals surface area (Å²) in [7, 11) is 2.12. The molecule has 0 aromatic carbocycles. The Hall–Kier alpha value is -1.14. The van der Waals surface area contributed by atoms with Gasteiger partial charge < -0.3 is 11.1 Å². The third-order valence-electron chi connectivity index (χ3n) is 3.40. The Morgan fingerprint density at radius 1 is 1.67 bits per heavy atom. The monoisotopic (exact) mass is 268 g/mol. The van der Waals surface area contributed by atoms with Crippen molar-refractivity contribution in [2.45, 2.75) is 38.8 Å². The fraction of sp³-hybridized carbons (Fsp3) is 0.667. The van der Waals surface area contributed by atoms with Crippen molar-refractivity contribution in [3.63, 3.8) is 0 Å². The summed E-state index contributed by atoms with van der Waals surface area (Å²) in [6, 6.07) is 1.06. The van der Waals surface area contributed by atoms with Crippen LogP contribution in [0.25, 0.3) is 0 Å². The van der Waals surface area contributed by atoms with Gasteiger partial charge in [-0.1, -0.05) is 11.3 Å². The molecular weight excluding hydrogens is 248 g/mol. The van der Waals surface area contributed by atoms with Crippen molar-refractivity contribution >= 4 is 22.4 Å². The van der Waals surface area contributed by atoms with Gasteiger partial charge in [0.25, 0.3) is 5.91 Å². The molecule has 0 saturated heterocycles. The van der Waals surface area contributed by atoms with Crippen LogP contribution < -0.4 is 11.1 Å². The zero-order valence-corrected chi connectivity index (χ0v) is 11.9. The normalized spacial score (nSPS) is 16.9. The van der Waals surface area contributed by atoms with Crippen LogP contribution in [0.15, 0.2) is 0 Å². The van der Waals surface area contributed by atoms with Crippen LogP contribution >= 0.6 is 11.3 Å². The van der Waals surface area contributed by atoms with E-state index in [0.29, 0.717) is 34.3 Å². The summed E-state index contributed by atoms with van der Waals surface area (Å²) in [5.41, 5.74) is 6.30. The summed E-state index contributed by atoms with van der Waals surface area (Å²) in [5, 5.41) is 3.40. The molecule has 1 aliphatic rings. The van der Waals surface area contributed by atoms with Crippen LogP contribution in [0.3, 0.4) is 0 Å². The molecule has 0 spiro atoms. The molecule has 1 heterocycles. The number of aryl methyl sites for hydroxylation is 1. The molecule has 18 heavy (non-hydrogen) atoms. The predicted molar refractivity (Wildman–Crippen MR) is 73.8 cm³/mol. The summed E-state index contributed by atoms with van der Waals surface area (Å²) in [6.45, 7) is 4.59. The lowest BCUT2D eigenvalue weighted by molar-refractivity contribution is 0.0943. The van der Waals surface area contributed by atoms with Gasteiger partial charge in [0.1, 0.15) is 4.88 Å². The number of anilines is 1. The van der Waals surface area contributed by atoms with Crippen LogP contribution in [0, 0.1) is 6.92 Å². The molecule has 1 fully saturated rings. The number of nitrogen functional groups attached to an aromatic ring is 1. The first-order valence-electron chi connectivity index (χ1n) is 6.22. The minimum absolute atomic E-state index is 0.0715. The van der Waals surface area contributed by atoms with E-state index in [4.69, 9.17) is 5.73 Å². The van der Waals surface area contributed by atoms with E-state index in [-0.39, 0.29) is 5.91 Å². The molecule has 1 saturated carbocycles. The second kappa shape index (κ2) is 5.24. The molecule has 3 N–H and O–H groups in total. The van der Waals surface area contributed by atoms with Gasteiger partial charge >= 0.3 is 0 Å². The molecule has 1 aromatic heterocycles. The van der Waals surface area contributed by atoms with Gasteiger partial charge in [0.2, 0.25) is 0 Å². The highest BCUT2D eigenvalue weighted by atomic mass is 32.1. The smallest absolute Gasteiger partial charge is 0.263 e. The molecule has 2 rings (SSSR count). The van der Waals surface area contributed by atoms with Gasteiger partial charge in [-0.05, 0) is 33.7 Å². The van der Waals surface area contributed by atoms with Gasteiger partial charge in [-0.3, -0.25) is 9.69 Å². The average molecular weight is 268 g/mol. The van der Waals surface area contributed by atoms with E-state index in [2.05, 4.69) is 29.2 Å². The summed E-state index contributed by atoms with van der Waals surface area (Å²) in [4.78, 5) is 19.0. The topological polar surface area (TPSA) is 71.2 Å². The van der Waals surface area contributed by atoms with Crippen LogP contribution in [0.1, 0.15) is 35.1 Å². The van der Waals surface area contributed by atoms with Crippen molar-refractivity contribution < 1.29 is 4.79 Å². The standard InChI is InChI=1S/C12H20N4OS/c1-7(16(3)9-4-5-9)6-14-11(17)10-8(2)15-12(13)18-10/h7,9H,4-6H2,1-3H3,(H2,13,15)(H,14,17). The maximum atomic E-state index is 12.0. The van der Waals surface area contributed by atoms with E-state index < -0.39 is 0 Å². The number of hydrogen-bond acceptors (Lipinski definition) is 5. The first kappa shape index (κ1) is 13.3. The number of likely N-dealkylation sites (N-methyl/N-ethyl adjacent to an activating group) is 1. The van der Waals surface area contributed by atoms with Gasteiger partial charge in [-0.15, -0.1) is 0 Å². The maximum Gasteiger partial charge on any atom is 0.263 e. The number of nitrogens with zero attached hydrogens (tertiary/aromatic N) is 2. The highest BCUT2D eigenvalue weighted by Gasteiger charge is 2.29. The third kappa shape index (κ3) is 3.00. The van der Waals surface area contributed by atoms with Gasteiger partial charge in [0.05, 0.1) is 5.69 Å². The van der Waals surface area contributed by atoms with E-state index in [1.807, 2.05) is 6.92 Å². The number of carbonyl (C=O) groups is 1. The first-order chi connectivity index (χ1) is 8.49. The van der Waals surface area contributed by atoms with E-state index in [9.17, 15) is 4.79 Å². The van der Waals surface area contributed by atoms with Crippen LogP contribution in [0.5, 0.6) is 0 Å². The number of thiazole rings is 1. The molecule has 1 atom stereocenters. The van der Waals surface area contributed by atoms with E-state index in [1.54, 1.807) is 0 Å². The van der Waals surface area contributed by atoms with Gasteiger partial charge in [-0.25, -0.2) is 4.98 Å². The fourth-order valence-electron chi connectivity index (χ4n) is 1.93. The molecule has 0 bridgehead atoms. The lowest BCUT2D eigenvalue weighted by Gasteiger charge is -2.24. The number of hydrogen-bond donors (Lipinski definition) is 2. The zero-order valence-electron chi connectivity index (χ0n) is 11.1.